The number of halogens is 1. The molecule has 2 unspecified atom stereocenters. The number of benzene rings is 1. The van der Waals surface area contributed by atoms with Gasteiger partial charge in [0.05, 0.1) is 6.04 Å². The van der Waals surface area contributed by atoms with E-state index in [0.717, 1.165) is 16.5 Å². The molecule has 0 aromatic heterocycles. The van der Waals surface area contributed by atoms with Crippen LogP contribution >= 0.6 is 15.9 Å². The molecule has 1 N–H and O–H groups in total. The van der Waals surface area contributed by atoms with Crippen molar-refractivity contribution in [2.45, 2.75) is 45.2 Å². The summed E-state index contributed by atoms with van der Waals surface area (Å²) in [6.45, 7) is 4.51. The molecule has 0 bridgehead atoms. The third-order valence-corrected chi connectivity index (χ3v) is 4.42. The average Bonchev–Trinajstić information content (AvgIpc) is 2.60. The normalized spacial score (nSPS) is 20.9. The van der Waals surface area contributed by atoms with Crippen molar-refractivity contribution < 1.29 is 9.59 Å². The zero-order chi connectivity index (χ0) is 15.4. The first-order valence-electron chi connectivity index (χ1n) is 7.38. The van der Waals surface area contributed by atoms with E-state index in [4.69, 9.17) is 0 Å². The van der Waals surface area contributed by atoms with Gasteiger partial charge in [-0.2, -0.15) is 0 Å². The summed E-state index contributed by atoms with van der Waals surface area (Å²) in [5.74, 6) is -0.00887. The number of hydrogen-bond acceptors (Lipinski definition) is 2. The van der Waals surface area contributed by atoms with E-state index >= 15 is 0 Å². The number of carbonyl (C=O) groups excluding carboxylic acids is 2. The highest BCUT2D eigenvalue weighted by Crippen LogP contribution is 2.24. The van der Waals surface area contributed by atoms with E-state index < -0.39 is 0 Å². The van der Waals surface area contributed by atoms with Crippen molar-refractivity contribution in [1.29, 1.82) is 0 Å². The Labute approximate surface area is 134 Å². The van der Waals surface area contributed by atoms with Gasteiger partial charge in [-0.05, 0) is 31.0 Å². The zero-order valence-corrected chi connectivity index (χ0v) is 14.0. The SMILES string of the molecule is CCCC1NC(=O)CCN(C(C)c2ccc(Br)cc2)C1=O. The van der Waals surface area contributed by atoms with Crippen molar-refractivity contribution in [2.24, 2.45) is 0 Å². The van der Waals surface area contributed by atoms with Crippen molar-refractivity contribution >= 4 is 27.7 Å². The Balaban J connectivity index is 2.21. The molecule has 2 atom stereocenters. The van der Waals surface area contributed by atoms with Gasteiger partial charge in [-0.1, -0.05) is 41.4 Å². The number of hydrogen-bond donors (Lipinski definition) is 1. The predicted molar refractivity (Wildman–Crippen MR) is 85.7 cm³/mol. The fourth-order valence-corrected chi connectivity index (χ4v) is 2.91. The first kappa shape index (κ1) is 16.0. The summed E-state index contributed by atoms with van der Waals surface area (Å²) in [5.41, 5.74) is 1.08. The van der Waals surface area contributed by atoms with Gasteiger partial charge in [0, 0.05) is 17.4 Å². The number of carbonyl (C=O) groups is 2. The van der Waals surface area contributed by atoms with Crippen LogP contribution in [0, 0.1) is 0 Å². The average molecular weight is 353 g/mol. The van der Waals surface area contributed by atoms with Crippen molar-refractivity contribution in [2.75, 3.05) is 6.54 Å². The number of amides is 2. The van der Waals surface area contributed by atoms with Crippen LogP contribution in [0.1, 0.15) is 44.7 Å². The summed E-state index contributed by atoms with van der Waals surface area (Å²) in [6.07, 6.45) is 1.93. The molecule has 1 fully saturated rings. The van der Waals surface area contributed by atoms with Crippen LogP contribution in [-0.2, 0) is 9.59 Å². The lowest BCUT2D eigenvalue weighted by Gasteiger charge is -2.30. The summed E-state index contributed by atoms with van der Waals surface area (Å²) >= 11 is 3.42. The molecule has 1 heterocycles. The van der Waals surface area contributed by atoms with Gasteiger partial charge in [0.2, 0.25) is 11.8 Å². The fraction of sp³-hybridized carbons (Fsp3) is 0.500. The van der Waals surface area contributed by atoms with E-state index in [1.165, 1.54) is 0 Å². The molecule has 1 saturated heterocycles. The van der Waals surface area contributed by atoms with Crippen LogP contribution in [0.25, 0.3) is 0 Å². The molecule has 0 aliphatic carbocycles. The van der Waals surface area contributed by atoms with Gasteiger partial charge in [0.1, 0.15) is 6.04 Å². The minimum Gasteiger partial charge on any atom is -0.344 e. The summed E-state index contributed by atoms with van der Waals surface area (Å²) in [5, 5.41) is 2.84. The molecule has 2 rings (SSSR count). The first-order valence-corrected chi connectivity index (χ1v) is 8.17. The fourth-order valence-electron chi connectivity index (χ4n) is 2.65. The zero-order valence-electron chi connectivity index (χ0n) is 12.4. The molecule has 5 heteroatoms. The van der Waals surface area contributed by atoms with Gasteiger partial charge < -0.3 is 10.2 Å². The Morgan fingerprint density at radius 1 is 1.33 bits per heavy atom. The molecule has 1 aromatic rings. The van der Waals surface area contributed by atoms with Crippen LogP contribution < -0.4 is 5.32 Å². The Morgan fingerprint density at radius 3 is 2.62 bits per heavy atom. The molecular formula is C16H21BrN2O2. The third kappa shape index (κ3) is 3.84. The lowest BCUT2D eigenvalue weighted by atomic mass is 10.0. The molecule has 0 saturated carbocycles. The second-order valence-electron chi connectivity index (χ2n) is 5.42. The quantitative estimate of drug-likeness (QED) is 0.905. The highest BCUT2D eigenvalue weighted by molar-refractivity contribution is 9.10. The van der Waals surface area contributed by atoms with E-state index in [2.05, 4.69) is 21.2 Å². The standard InChI is InChI=1S/C16H21BrN2O2/c1-3-4-14-16(21)19(10-9-15(20)18-14)11(2)12-5-7-13(17)8-6-12/h5-8,11,14H,3-4,9-10H2,1-2H3,(H,18,20). The van der Waals surface area contributed by atoms with E-state index in [0.29, 0.717) is 19.4 Å². The van der Waals surface area contributed by atoms with Crippen molar-refractivity contribution in [3.8, 4) is 0 Å². The molecule has 4 nitrogen and oxygen atoms in total. The van der Waals surface area contributed by atoms with Crippen LogP contribution in [0.4, 0.5) is 0 Å². The maximum absolute atomic E-state index is 12.7. The minimum absolute atomic E-state index is 0.0260. The molecule has 2 amide bonds. The Morgan fingerprint density at radius 2 is 2.00 bits per heavy atom. The number of rotatable bonds is 4. The van der Waals surface area contributed by atoms with E-state index in [9.17, 15) is 9.59 Å². The summed E-state index contributed by atoms with van der Waals surface area (Å²) in [7, 11) is 0. The number of nitrogens with one attached hydrogen (secondary N) is 1. The molecule has 1 aliphatic heterocycles. The van der Waals surface area contributed by atoms with Gasteiger partial charge in [-0.15, -0.1) is 0 Å². The molecule has 0 radical (unpaired) electrons. The van der Waals surface area contributed by atoms with Gasteiger partial charge in [-0.25, -0.2) is 0 Å². The van der Waals surface area contributed by atoms with E-state index in [1.807, 2.05) is 43.0 Å². The van der Waals surface area contributed by atoms with Crippen LogP contribution in [-0.4, -0.2) is 29.3 Å². The van der Waals surface area contributed by atoms with E-state index in [-0.39, 0.29) is 23.9 Å². The second kappa shape index (κ2) is 7.07. The van der Waals surface area contributed by atoms with Gasteiger partial charge in [0.25, 0.3) is 0 Å². The maximum Gasteiger partial charge on any atom is 0.245 e. The molecule has 21 heavy (non-hydrogen) atoms. The summed E-state index contributed by atoms with van der Waals surface area (Å²) < 4.78 is 1.02. The molecule has 1 aromatic carbocycles. The van der Waals surface area contributed by atoms with Crippen molar-refractivity contribution in [3.05, 3.63) is 34.3 Å². The van der Waals surface area contributed by atoms with Crippen LogP contribution in [0.3, 0.4) is 0 Å². The smallest absolute Gasteiger partial charge is 0.245 e. The number of nitrogens with zero attached hydrogens (tertiary/aromatic N) is 1. The van der Waals surface area contributed by atoms with Crippen molar-refractivity contribution in [3.63, 3.8) is 0 Å². The largest absolute Gasteiger partial charge is 0.344 e. The maximum atomic E-state index is 12.7. The highest BCUT2D eigenvalue weighted by Gasteiger charge is 2.32. The second-order valence-corrected chi connectivity index (χ2v) is 6.33. The molecule has 0 spiro atoms. The molecular weight excluding hydrogens is 332 g/mol. The monoisotopic (exact) mass is 352 g/mol. The molecule has 114 valence electrons. The topological polar surface area (TPSA) is 49.4 Å². The van der Waals surface area contributed by atoms with Crippen LogP contribution in [0.2, 0.25) is 0 Å². The first-order chi connectivity index (χ1) is 10.0. The highest BCUT2D eigenvalue weighted by atomic mass is 79.9. The summed E-state index contributed by atoms with van der Waals surface area (Å²) in [6, 6.07) is 7.55. The lowest BCUT2D eigenvalue weighted by Crippen LogP contribution is -2.45. The van der Waals surface area contributed by atoms with Crippen LogP contribution in [0.5, 0.6) is 0 Å². The Kier molecular flexibility index (Phi) is 5.39. The Hall–Kier alpha value is -1.36. The third-order valence-electron chi connectivity index (χ3n) is 3.89. The van der Waals surface area contributed by atoms with Gasteiger partial charge >= 0.3 is 0 Å². The predicted octanol–water partition coefficient (Wildman–Crippen LogP) is 3.03. The summed E-state index contributed by atoms with van der Waals surface area (Å²) in [4.78, 5) is 26.3. The Bertz CT molecular complexity index is 516. The molecule has 1 aliphatic rings. The van der Waals surface area contributed by atoms with E-state index in [1.54, 1.807) is 0 Å². The van der Waals surface area contributed by atoms with Crippen molar-refractivity contribution in [1.82, 2.24) is 10.2 Å². The lowest BCUT2D eigenvalue weighted by molar-refractivity contribution is -0.135. The minimum atomic E-state index is -0.386. The van der Waals surface area contributed by atoms with Crippen LogP contribution in [0.15, 0.2) is 28.7 Å². The van der Waals surface area contributed by atoms with Gasteiger partial charge in [-0.3, -0.25) is 9.59 Å². The van der Waals surface area contributed by atoms with Gasteiger partial charge in [0.15, 0.2) is 0 Å².